The van der Waals surface area contributed by atoms with E-state index < -0.39 is 0 Å². The predicted octanol–water partition coefficient (Wildman–Crippen LogP) is 4.11. The lowest BCUT2D eigenvalue weighted by molar-refractivity contribution is 0.104. The van der Waals surface area contributed by atoms with Gasteiger partial charge in [0, 0.05) is 31.4 Å². The van der Waals surface area contributed by atoms with E-state index in [0.29, 0.717) is 12.0 Å². The summed E-state index contributed by atoms with van der Waals surface area (Å²) in [7, 11) is 0. The van der Waals surface area contributed by atoms with Crippen molar-refractivity contribution in [3.8, 4) is 0 Å². The van der Waals surface area contributed by atoms with Crippen LogP contribution in [-0.4, -0.2) is 48.1 Å². The number of piperidine rings is 2. The monoisotopic (exact) mass is 329 g/mol. The van der Waals surface area contributed by atoms with Crippen molar-refractivity contribution in [1.29, 1.82) is 0 Å². The molecule has 0 unspecified atom stereocenters. The molecule has 2 heterocycles. The fourth-order valence-corrected chi connectivity index (χ4v) is 4.07. The van der Waals surface area contributed by atoms with Crippen LogP contribution < -0.4 is 5.32 Å². The minimum atomic E-state index is 0.0562. The summed E-state index contributed by atoms with van der Waals surface area (Å²) in [5.41, 5.74) is 2.04. The first-order valence-electron chi connectivity index (χ1n) is 9.49. The molecule has 2 atom stereocenters. The van der Waals surface area contributed by atoms with Gasteiger partial charge >= 0.3 is 6.03 Å². The maximum Gasteiger partial charge on any atom is 0.321 e. The Bertz CT molecular complexity index is 560. The van der Waals surface area contributed by atoms with E-state index in [1.165, 1.54) is 32.2 Å². The van der Waals surface area contributed by atoms with E-state index in [4.69, 9.17) is 0 Å². The van der Waals surface area contributed by atoms with Crippen LogP contribution in [0, 0.1) is 12.8 Å². The van der Waals surface area contributed by atoms with Gasteiger partial charge in [0.25, 0.3) is 0 Å². The third kappa shape index (κ3) is 4.29. The van der Waals surface area contributed by atoms with Gasteiger partial charge in [0.15, 0.2) is 0 Å². The fourth-order valence-electron chi connectivity index (χ4n) is 4.07. The van der Waals surface area contributed by atoms with Crippen LogP contribution in [0.15, 0.2) is 24.3 Å². The number of rotatable bonds is 3. The van der Waals surface area contributed by atoms with Gasteiger partial charge in [-0.25, -0.2) is 4.79 Å². The molecule has 0 aliphatic carbocycles. The first-order valence-corrected chi connectivity index (χ1v) is 9.49. The van der Waals surface area contributed by atoms with Gasteiger partial charge < -0.3 is 15.1 Å². The summed E-state index contributed by atoms with van der Waals surface area (Å²) in [6, 6.07) is 8.74. The lowest BCUT2D eigenvalue weighted by Gasteiger charge is -2.39. The quantitative estimate of drug-likeness (QED) is 0.905. The molecule has 2 aliphatic rings. The van der Waals surface area contributed by atoms with Gasteiger partial charge in [0.2, 0.25) is 0 Å². The Kier molecular flexibility index (Phi) is 5.77. The number of nitrogens with one attached hydrogen (secondary N) is 1. The number of hydrogen-bond donors (Lipinski definition) is 1. The Labute approximate surface area is 146 Å². The number of benzene rings is 1. The Morgan fingerprint density at radius 2 is 2.00 bits per heavy atom. The van der Waals surface area contributed by atoms with Crippen LogP contribution in [0.2, 0.25) is 0 Å². The molecule has 0 spiro atoms. The molecule has 0 aromatic heterocycles. The normalized spacial score (nSPS) is 25.5. The van der Waals surface area contributed by atoms with Gasteiger partial charge in [-0.05, 0) is 63.6 Å². The maximum atomic E-state index is 12.6. The minimum absolute atomic E-state index is 0.0562. The van der Waals surface area contributed by atoms with E-state index in [2.05, 4.69) is 17.1 Å². The van der Waals surface area contributed by atoms with Crippen LogP contribution in [0.3, 0.4) is 0 Å². The topological polar surface area (TPSA) is 35.6 Å². The number of urea groups is 1. The molecule has 0 saturated carbocycles. The number of likely N-dealkylation sites (tertiary alicyclic amines) is 2. The number of carbonyl (C=O) groups is 1. The SMILES string of the molecule is Cc1ccccc1NC(=O)N1CCC[C@@H](CN2CCCC[C@H]2C)C1. The average molecular weight is 329 g/mol. The van der Waals surface area contributed by atoms with Crippen molar-refractivity contribution < 1.29 is 4.79 Å². The van der Waals surface area contributed by atoms with Crippen LogP contribution >= 0.6 is 0 Å². The Morgan fingerprint density at radius 1 is 1.17 bits per heavy atom. The number of carbonyl (C=O) groups excluding carboxylic acids is 1. The van der Waals surface area contributed by atoms with E-state index >= 15 is 0 Å². The summed E-state index contributed by atoms with van der Waals surface area (Å²) in [4.78, 5) is 17.3. The standard InChI is InChI=1S/C20H31N3O/c1-16-8-3-4-11-19(16)21-20(24)23-13-7-10-18(15-23)14-22-12-6-5-9-17(22)2/h3-4,8,11,17-18H,5-7,9-10,12-15H2,1-2H3,(H,21,24)/t17-,18+/m1/s1. The molecule has 2 aliphatic heterocycles. The smallest absolute Gasteiger partial charge is 0.321 e. The predicted molar refractivity (Wildman–Crippen MR) is 99.4 cm³/mol. The Morgan fingerprint density at radius 3 is 2.79 bits per heavy atom. The second-order valence-corrected chi connectivity index (χ2v) is 7.54. The highest BCUT2D eigenvalue weighted by Crippen LogP contribution is 2.23. The van der Waals surface area contributed by atoms with E-state index in [-0.39, 0.29) is 6.03 Å². The number of anilines is 1. The second-order valence-electron chi connectivity index (χ2n) is 7.54. The van der Waals surface area contributed by atoms with Crippen LogP contribution in [0.5, 0.6) is 0 Å². The highest BCUT2D eigenvalue weighted by molar-refractivity contribution is 5.90. The summed E-state index contributed by atoms with van der Waals surface area (Å²) in [6.07, 6.45) is 6.39. The van der Waals surface area contributed by atoms with Gasteiger partial charge in [-0.1, -0.05) is 24.6 Å². The lowest BCUT2D eigenvalue weighted by Crippen LogP contribution is -2.47. The number of para-hydroxylation sites is 1. The van der Waals surface area contributed by atoms with Crippen molar-refractivity contribution >= 4 is 11.7 Å². The van der Waals surface area contributed by atoms with Crippen molar-refractivity contribution in [1.82, 2.24) is 9.80 Å². The molecule has 1 aromatic carbocycles. The molecule has 4 nitrogen and oxygen atoms in total. The maximum absolute atomic E-state index is 12.6. The zero-order chi connectivity index (χ0) is 16.9. The number of aryl methyl sites for hydroxylation is 1. The van der Waals surface area contributed by atoms with Crippen molar-refractivity contribution in [2.24, 2.45) is 5.92 Å². The zero-order valence-electron chi connectivity index (χ0n) is 15.1. The largest absolute Gasteiger partial charge is 0.324 e. The fraction of sp³-hybridized carbons (Fsp3) is 0.650. The van der Waals surface area contributed by atoms with Crippen LogP contribution in [0.25, 0.3) is 0 Å². The molecule has 132 valence electrons. The summed E-state index contributed by atoms with van der Waals surface area (Å²) >= 11 is 0. The molecular formula is C20H31N3O. The van der Waals surface area contributed by atoms with Gasteiger partial charge in [-0.2, -0.15) is 0 Å². The Balaban J connectivity index is 1.55. The van der Waals surface area contributed by atoms with Gasteiger partial charge in [-0.3, -0.25) is 0 Å². The molecule has 2 amide bonds. The van der Waals surface area contributed by atoms with E-state index in [9.17, 15) is 4.79 Å². The molecule has 2 saturated heterocycles. The average Bonchev–Trinajstić information content (AvgIpc) is 2.59. The van der Waals surface area contributed by atoms with Crippen LogP contribution in [0.1, 0.15) is 44.6 Å². The number of amides is 2. The molecule has 24 heavy (non-hydrogen) atoms. The molecular weight excluding hydrogens is 298 g/mol. The van der Waals surface area contributed by atoms with Gasteiger partial charge in [-0.15, -0.1) is 0 Å². The lowest BCUT2D eigenvalue weighted by atomic mass is 9.95. The Hall–Kier alpha value is -1.55. The molecule has 3 rings (SSSR count). The van der Waals surface area contributed by atoms with E-state index in [0.717, 1.165) is 37.3 Å². The highest BCUT2D eigenvalue weighted by atomic mass is 16.2. The summed E-state index contributed by atoms with van der Waals surface area (Å²) < 4.78 is 0. The first kappa shape index (κ1) is 17.3. The van der Waals surface area contributed by atoms with Gasteiger partial charge in [0.1, 0.15) is 0 Å². The summed E-state index contributed by atoms with van der Waals surface area (Å²) in [6.45, 7) is 8.53. The summed E-state index contributed by atoms with van der Waals surface area (Å²) in [5.74, 6) is 0.613. The number of nitrogens with zero attached hydrogens (tertiary/aromatic N) is 2. The highest BCUT2D eigenvalue weighted by Gasteiger charge is 2.27. The van der Waals surface area contributed by atoms with Crippen molar-refractivity contribution in [3.05, 3.63) is 29.8 Å². The van der Waals surface area contributed by atoms with Crippen molar-refractivity contribution in [3.63, 3.8) is 0 Å². The minimum Gasteiger partial charge on any atom is -0.324 e. The second kappa shape index (κ2) is 8.02. The molecule has 4 heteroatoms. The third-order valence-corrected chi connectivity index (χ3v) is 5.63. The van der Waals surface area contributed by atoms with Crippen molar-refractivity contribution in [2.75, 3.05) is 31.5 Å². The number of hydrogen-bond acceptors (Lipinski definition) is 2. The van der Waals surface area contributed by atoms with Crippen molar-refractivity contribution in [2.45, 2.75) is 52.0 Å². The van der Waals surface area contributed by atoms with Crippen LogP contribution in [0.4, 0.5) is 10.5 Å². The molecule has 0 bridgehead atoms. The zero-order valence-corrected chi connectivity index (χ0v) is 15.1. The van der Waals surface area contributed by atoms with Gasteiger partial charge in [0.05, 0.1) is 0 Å². The summed E-state index contributed by atoms with van der Waals surface area (Å²) in [5, 5.41) is 3.09. The van der Waals surface area contributed by atoms with E-state index in [1.54, 1.807) is 0 Å². The molecule has 2 fully saturated rings. The van der Waals surface area contributed by atoms with E-state index in [1.807, 2.05) is 36.1 Å². The van der Waals surface area contributed by atoms with Crippen LogP contribution in [-0.2, 0) is 0 Å². The molecule has 1 N–H and O–H groups in total. The molecule has 1 aromatic rings. The molecule has 0 radical (unpaired) electrons. The third-order valence-electron chi connectivity index (χ3n) is 5.63. The first-order chi connectivity index (χ1) is 11.6.